The van der Waals surface area contributed by atoms with Gasteiger partial charge in [0, 0.05) is 31.0 Å². The van der Waals surface area contributed by atoms with Gasteiger partial charge in [-0.1, -0.05) is 6.07 Å². The minimum atomic E-state index is -0.344. The number of anilines is 2. The summed E-state index contributed by atoms with van der Waals surface area (Å²) in [4.78, 5) is 3.92. The first-order valence-corrected chi connectivity index (χ1v) is 6.02. The normalized spacial score (nSPS) is 10.0. The fourth-order valence-corrected chi connectivity index (χ4v) is 1.64. The zero-order valence-corrected chi connectivity index (χ0v) is 10.7. The molecule has 2 rings (SSSR count). The van der Waals surface area contributed by atoms with Crippen LogP contribution in [0.5, 0.6) is 5.75 Å². The zero-order valence-electron chi connectivity index (χ0n) is 10.7. The van der Waals surface area contributed by atoms with Gasteiger partial charge < -0.3 is 15.4 Å². The summed E-state index contributed by atoms with van der Waals surface area (Å²) in [5.74, 6) is 0.729. The molecule has 0 saturated heterocycles. The molecule has 0 bridgehead atoms. The number of hydrogen-bond acceptors (Lipinski definition) is 4. The maximum atomic E-state index is 13.3. The van der Waals surface area contributed by atoms with Gasteiger partial charge in [-0.25, -0.2) is 9.37 Å². The molecule has 0 amide bonds. The highest BCUT2D eigenvalue weighted by Crippen LogP contribution is 2.16. The van der Waals surface area contributed by atoms with E-state index in [1.807, 2.05) is 24.3 Å². The van der Waals surface area contributed by atoms with Crippen molar-refractivity contribution in [2.24, 2.45) is 0 Å². The largest absolute Gasteiger partial charge is 0.497 e. The summed E-state index contributed by atoms with van der Waals surface area (Å²) >= 11 is 0. The maximum Gasteiger partial charge on any atom is 0.165 e. The molecular weight excluding hydrogens is 245 g/mol. The molecule has 1 heterocycles. The smallest absolute Gasteiger partial charge is 0.165 e. The molecule has 5 heteroatoms. The molecule has 0 radical (unpaired) electrons. The van der Waals surface area contributed by atoms with E-state index in [2.05, 4.69) is 15.6 Å². The number of pyridine rings is 1. The second kappa shape index (κ2) is 6.58. The number of aromatic nitrogens is 1. The highest BCUT2D eigenvalue weighted by Gasteiger charge is 2.00. The van der Waals surface area contributed by atoms with E-state index in [-0.39, 0.29) is 11.6 Å². The Kier molecular flexibility index (Phi) is 4.55. The van der Waals surface area contributed by atoms with E-state index in [1.165, 1.54) is 6.07 Å². The van der Waals surface area contributed by atoms with Crippen LogP contribution in [0.1, 0.15) is 0 Å². The molecule has 2 aromatic rings. The fraction of sp³-hybridized carbons (Fsp3) is 0.214. The first-order valence-electron chi connectivity index (χ1n) is 6.02. The van der Waals surface area contributed by atoms with Crippen molar-refractivity contribution in [1.82, 2.24) is 4.98 Å². The summed E-state index contributed by atoms with van der Waals surface area (Å²) < 4.78 is 18.4. The van der Waals surface area contributed by atoms with Crippen LogP contribution in [0.4, 0.5) is 15.9 Å². The number of methoxy groups -OCH3 is 1. The van der Waals surface area contributed by atoms with Crippen molar-refractivity contribution >= 4 is 11.5 Å². The molecule has 19 heavy (non-hydrogen) atoms. The van der Waals surface area contributed by atoms with Crippen LogP contribution in [-0.4, -0.2) is 25.2 Å². The number of halogens is 1. The SMILES string of the molecule is COc1cccc(NCCNc2ncccc2F)c1. The number of benzene rings is 1. The lowest BCUT2D eigenvalue weighted by Crippen LogP contribution is -2.15. The van der Waals surface area contributed by atoms with E-state index < -0.39 is 0 Å². The Morgan fingerprint density at radius 3 is 2.79 bits per heavy atom. The predicted molar refractivity (Wildman–Crippen MR) is 74.2 cm³/mol. The van der Waals surface area contributed by atoms with Crippen LogP contribution >= 0.6 is 0 Å². The molecule has 1 aromatic carbocycles. The summed E-state index contributed by atoms with van der Waals surface area (Å²) in [6.07, 6.45) is 1.56. The highest BCUT2D eigenvalue weighted by molar-refractivity contribution is 5.48. The Balaban J connectivity index is 1.79. The van der Waals surface area contributed by atoms with Gasteiger partial charge in [-0.05, 0) is 24.3 Å². The average molecular weight is 261 g/mol. The summed E-state index contributed by atoms with van der Waals surface area (Å²) in [6, 6.07) is 10.6. The Bertz CT molecular complexity index is 534. The standard InChI is InChI=1S/C14H16FN3O/c1-19-12-5-2-4-11(10-12)16-8-9-18-14-13(15)6-3-7-17-14/h2-7,10,16H,8-9H2,1H3,(H,17,18). The molecule has 4 nitrogen and oxygen atoms in total. The van der Waals surface area contributed by atoms with Gasteiger partial charge in [-0.2, -0.15) is 0 Å². The number of ether oxygens (including phenoxy) is 1. The van der Waals surface area contributed by atoms with Crippen LogP contribution < -0.4 is 15.4 Å². The van der Waals surface area contributed by atoms with Gasteiger partial charge in [0.1, 0.15) is 5.75 Å². The average Bonchev–Trinajstić information content (AvgIpc) is 2.45. The van der Waals surface area contributed by atoms with Gasteiger partial charge in [0.15, 0.2) is 11.6 Å². The van der Waals surface area contributed by atoms with Crippen LogP contribution in [0.2, 0.25) is 0 Å². The van der Waals surface area contributed by atoms with Gasteiger partial charge in [0.25, 0.3) is 0 Å². The monoisotopic (exact) mass is 261 g/mol. The predicted octanol–water partition coefficient (Wildman–Crippen LogP) is 2.75. The Morgan fingerprint density at radius 2 is 2.00 bits per heavy atom. The van der Waals surface area contributed by atoms with E-state index in [1.54, 1.807) is 19.4 Å². The molecule has 1 aromatic heterocycles. The third kappa shape index (κ3) is 3.84. The van der Waals surface area contributed by atoms with Crippen molar-refractivity contribution in [3.05, 3.63) is 48.4 Å². The summed E-state index contributed by atoms with van der Waals surface area (Å²) in [6.45, 7) is 1.23. The molecule has 0 spiro atoms. The first kappa shape index (κ1) is 13.1. The topological polar surface area (TPSA) is 46.2 Å². The maximum absolute atomic E-state index is 13.3. The van der Waals surface area contributed by atoms with Crippen LogP contribution in [-0.2, 0) is 0 Å². The van der Waals surface area contributed by atoms with Crippen molar-refractivity contribution < 1.29 is 9.13 Å². The third-order valence-corrected chi connectivity index (χ3v) is 2.57. The van der Waals surface area contributed by atoms with Crippen LogP contribution in [0.15, 0.2) is 42.6 Å². The van der Waals surface area contributed by atoms with E-state index in [4.69, 9.17) is 4.74 Å². The van der Waals surface area contributed by atoms with E-state index in [9.17, 15) is 4.39 Å². The van der Waals surface area contributed by atoms with Gasteiger partial charge in [0.2, 0.25) is 0 Å². The van der Waals surface area contributed by atoms with Gasteiger partial charge in [-0.15, -0.1) is 0 Å². The summed E-state index contributed by atoms with van der Waals surface area (Å²) in [7, 11) is 1.63. The Hall–Kier alpha value is -2.30. The lowest BCUT2D eigenvalue weighted by Gasteiger charge is -2.09. The first-order chi connectivity index (χ1) is 9.29. The molecule has 0 unspecified atom stereocenters. The summed E-state index contributed by atoms with van der Waals surface area (Å²) in [5, 5.41) is 6.15. The molecular formula is C14H16FN3O. The van der Waals surface area contributed by atoms with E-state index in [0.29, 0.717) is 13.1 Å². The second-order valence-electron chi connectivity index (χ2n) is 3.92. The van der Waals surface area contributed by atoms with E-state index in [0.717, 1.165) is 11.4 Å². The Morgan fingerprint density at radius 1 is 1.16 bits per heavy atom. The van der Waals surface area contributed by atoms with Crippen molar-refractivity contribution in [2.45, 2.75) is 0 Å². The molecule has 0 aliphatic carbocycles. The minimum absolute atomic E-state index is 0.273. The lowest BCUT2D eigenvalue weighted by molar-refractivity contribution is 0.415. The van der Waals surface area contributed by atoms with Gasteiger partial charge in [0.05, 0.1) is 7.11 Å². The fourth-order valence-electron chi connectivity index (χ4n) is 1.64. The molecule has 100 valence electrons. The minimum Gasteiger partial charge on any atom is -0.497 e. The number of nitrogens with zero attached hydrogens (tertiary/aromatic N) is 1. The van der Waals surface area contributed by atoms with Crippen molar-refractivity contribution in [3.8, 4) is 5.75 Å². The zero-order chi connectivity index (χ0) is 13.5. The van der Waals surface area contributed by atoms with Crippen molar-refractivity contribution in [3.63, 3.8) is 0 Å². The molecule has 0 aliphatic heterocycles. The molecule has 0 aliphatic rings. The molecule has 0 saturated carbocycles. The molecule has 2 N–H and O–H groups in total. The van der Waals surface area contributed by atoms with E-state index >= 15 is 0 Å². The second-order valence-corrected chi connectivity index (χ2v) is 3.92. The van der Waals surface area contributed by atoms with Gasteiger partial charge in [-0.3, -0.25) is 0 Å². The number of nitrogens with one attached hydrogen (secondary N) is 2. The van der Waals surface area contributed by atoms with Crippen molar-refractivity contribution in [2.75, 3.05) is 30.8 Å². The van der Waals surface area contributed by atoms with Crippen molar-refractivity contribution in [1.29, 1.82) is 0 Å². The number of rotatable bonds is 6. The lowest BCUT2D eigenvalue weighted by atomic mass is 10.3. The molecule has 0 atom stereocenters. The van der Waals surface area contributed by atoms with Crippen LogP contribution in [0, 0.1) is 5.82 Å². The quantitative estimate of drug-likeness (QED) is 0.785. The Labute approximate surface area is 111 Å². The summed E-state index contributed by atoms with van der Waals surface area (Å²) in [5.41, 5.74) is 0.961. The third-order valence-electron chi connectivity index (χ3n) is 2.57. The number of hydrogen-bond donors (Lipinski definition) is 2. The highest BCUT2D eigenvalue weighted by atomic mass is 19.1. The molecule has 0 fully saturated rings. The van der Waals surface area contributed by atoms with Gasteiger partial charge >= 0.3 is 0 Å². The van der Waals surface area contributed by atoms with Crippen LogP contribution in [0.25, 0.3) is 0 Å². The van der Waals surface area contributed by atoms with Crippen LogP contribution in [0.3, 0.4) is 0 Å².